The molecule has 0 bridgehead atoms. The quantitative estimate of drug-likeness (QED) is 0.476. The van der Waals surface area contributed by atoms with Crippen molar-refractivity contribution in [2.75, 3.05) is 5.32 Å². The molecular weight excluding hydrogens is 464 g/mol. The number of hydrogen-bond acceptors (Lipinski definition) is 4. The van der Waals surface area contributed by atoms with Crippen molar-refractivity contribution in [1.82, 2.24) is 10.2 Å². The molecule has 176 valence electrons. The van der Waals surface area contributed by atoms with Crippen LogP contribution in [-0.2, 0) is 10.3 Å². The van der Waals surface area contributed by atoms with Gasteiger partial charge in [-0.05, 0) is 42.8 Å². The summed E-state index contributed by atoms with van der Waals surface area (Å²) in [4.78, 5) is 13.9. The predicted octanol–water partition coefficient (Wildman–Crippen LogP) is 4.65. The molecule has 33 heavy (non-hydrogen) atoms. The Morgan fingerprint density at radius 3 is 2.42 bits per heavy atom. The number of carbonyl (C=O) groups excluding carboxylic acids is 1. The van der Waals surface area contributed by atoms with Gasteiger partial charge < -0.3 is 15.7 Å². The van der Waals surface area contributed by atoms with Crippen molar-refractivity contribution < 1.29 is 27.5 Å². The molecule has 0 spiro atoms. The van der Waals surface area contributed by atoms with Gasteiger partial charge in [-0.2, -0.15) is 13.2 Å². The highest BCUT2D eigenvalue weighted by Crippen LogP contribution is 2.48. The van der Waals surface area contributed by atoms with Crippen LogP contribution in [-0.4, -0.2) is 39.7 Å². The highest BCUT2D eigenvalue weighted by molar-refractivity contribution is 6.34. The molecule has 1 saturated carbocycles. The summed E-state index contributed by atoms with van der Waals surface area (Å²) in [6.07, 6.45) is -6.31. The summed E-state index contributed by atoms with van der Waals surface area (Å²) >= 11 is 6.60. The fraction of sp³-hybridized carbons (Fsp3) is 0.364. The van der Waals surface area contributed by atoms with Crippen LogP contribution in [0.1, 0.15) is 31.7 Å². The number of carbonyl (C=O) groups is 1. The van der Waals surface area contributed by atoms with E-state index in [4.69, 9.17) is 17.0 Å². The zero-order valence-corrected chi connectivity index (χ0v) is 18.2. The first kappa shape index (κ1) is 23.3. The van der Waals surface area contributed by atoms with Gasteiger partial charge in [0.25, 0.3) is 0 Å². The zero-order valence-electron chi connectivity index (χ0n) is 17.4. The predicted molar refractivity (Wildman–Crippen MR) is 115 cm³/mol. The van der Waals surface area contributed by atoms with Crippen molar-refractivity contribution in [2.45, 2.75) is 49.5 Å². The monoisotopic (exact) mass is 484 g/mol. The molecule has 1 saturated heterocycles. The summed E-state index contributed by atoms with van der Waals surface area (Å²) in [5, 5.41) is 24.3. The minimum Gasteiger partial charge on any atom is -0.380 e. The summed E-state index contributed by atoms with van der Waals surface area (Å²) < 4.78 is 52.0. The molecule has 2 fully saturated rings. The zero-order chi connectivity index (χ0) is 24.2. The van der Waals surface area contributed by atoms with Gasteiger partial charge in [0.2, 0.25) is 5.91 Å². The number of rotatable bonds is 4. The van der Waals surface area contributed by atoms with Gasteiger partial charge in [-0.3, -0.25) is 15.1 Å². The molecule has 1 aliphatic heterocycles. The first-order valence-corrected chi connectivity index (χ1v) is 10.5. The van der Waals surface area contributed by atoms with E-state index < -0.39 is 42.1 Å². The first-order valence-electron chi connectivity index (χ1n) is 10.1. The number of benzene rings is 2. The number of nitrogens with zero attached hydrogens (tertiary/aromatic N) is 1. The third-order valence-electron chi connectivity index (χ3n) is 6.16. The number of aliphatic hydroxyl groups is 1. The lowest BCUT2D eigenvalue weighted by molar-refractivity contribution is -0.296. The summed E-state index contributed by atoms with van der Waals surface area (Å²) in [5.41, 5.74) is -2.34. The van der Waals surface area contributed by atoms with Gasteiger partial charge in [0.15, 0.2) is 11.6 Å². The second-order valence-electron chi connectivity index (χ2n) is 8.64. The minimum absolute atomic E-state index is 0.157. The Kier molecular flexibility index (Phi) is 5.57. The molecule has 2 aromatic carbocycles. The lowest BCUT2D eigenvalue weighted by Crippen LogP contribution is -2.69. The second-order valence-corrected chi connectivity index (χ2v) is 9.01. The first-order chi connectivity index (χ1) is 15.3. The molecule has 1 aliphatic carbocycles. The molecule has 2 aliphatic rings. The average Bonchev–Trinajstić information content (AvgIpc) is 2.68. The van der Waals surface area contributed by atoms with Crippen LogP contribution in [0.5, 0.6) is 0 Å². The Hall–Kier alpha value is -2.85. The van der Waals surface area contributed by atoms with Crippen LogP contribution in [0.15, 0.2) is 42.5 Å². The van der Waals surface area contributed by atoms with E-state index in [0.29, 0.717) is 16.9 Å². The number of anilines is 2. The van der Waals surface area contributed by atoms with Gasteiger partial charge in [0, 0.05) is 24.6 Å². The van der Waals surface area contributed by atoms with Crippen molar-refractivity contribution in [3.8, 4) is 0 Å². The summed E-state index contributed by atoms with van der Waals surface area (Å²) in [6.45, 7) is 1.67. The maximum Gasteiger partial charge on any atom is 0.417 e. The van der Waals surface area contributed by atoms with E-state index >= 15 is 0 Å². The molecule has 1 atom stereocenters. The van der Waals surface area contributed by atoms with E-state index in [1.165, 1.54) is 24.3 Å². The number of alkyl halides is 3. The number of guanidine groups is 1. The van der Waals surface area contributed by atoms with Gasteiger partial charge in [0.05, 0.1) is 22.7 Å². The number of nitrogens with one attached hydrogen (secondary N) is 3. The van der Waals surface area contributed by atoms with Crippen LogP contribution in [0.4, 0.5) is 28.9 Å². The van der Waals surface area contributed by atoms with E-state index in [9.17, 15) is 27.5 Å². The molecule has 0 radical (unpaired) electrons. The summed E-state index contributed by atoms with van der Waals surface area (Å²) in [5.74, 6) is -1.28. The SMILES string of the molecule is C[C@@]1(c2cccc(Nc3ccc(F)cc3)c2Cl)CC(=O)N(C2CC(O)(C(F)(F)F)C2)C(=N)N1. The van der Waals surface area contributed by atoms with Gasteiger partial charge in [-0.1, -0.05) is 23.7 Å². The Bertz CT molecular complexity index is 1080. The third kappa shape index (κ3) is 4.13. The van der Waals surface area contributed by atoms with E-state index in [2.05, 4.69) is 10.6 Å². The Balaban J connectivity index is 1.53. The fourth-order valence-corrected chi connectivity index (χ4v) is 4.69. The summed E-state index contributed by atoms with van der Waals surface area (Å²) in [6, 6.07) is 9.83. The minimum atomic E-state index is -4.79. The molecule has 0 unspecified atom stereocenters. The molecule has 1 amide bonds. The largest absolute Gasteiger partial charge is 0.417 e. The van der Waals surface area contributed by atoms with Crippen LogP contribution in [0, 0.1) is 11.2 Å². The Morgan fingerprint density at radius 2 is 1.85 bits per heavy atom. The molecule has 6 nitrogen and oxygen atoms in total. The van der Waals surface area contributed by atoms with Crippen molar-refractivity contribution in [3.05, 3.63) is 58.9 Å². The van der Waals surface area contributed by atoms with Crippen LogP contribution in [0.25, 0.3) is 0 Å². The van der Waals surface area contributed by atoms with Crippen molar-refractivity contribution >= 4 is 34.8 Å². The van der Waals surface area contributed by atoms with Crippen molar-refractivity contribution in [3.63, 3.8) is 0 Å². The maximum atomic E-state index is 13.2. The average molecular weight is 485 g/mol. The molecule has 11 heteroatoms. The Morgan fingerprint density at radius 1 is 1.21 bits per heavy atom. The van der Waals surface area contributed by atoms with Gasteiger partial charge >= 0.3 is 6.18 Å². The highest BCUT2D eigenvalue weighted by Gasteiger charge is 2.63. The van der Waals surface area contributed by atoms with E-state index in [1.807, 2.05) is 0 Å². The number of amides is 1. The van der Waals surface area contributed by atoms with Gasteiger partial charge in [0.1, 0.15) is 5.82 Å². The molecule has 1 heterocycles. The highest BCUT2D eigenvalue weighted by atomic mass is 35.5. The van der Waals surface area contributed by atoms with Gasteiger partial charge in [-0.15, -0.1) is 0 Å². The second kappa shape index (κ2) is 7.88. The lowest BCUT2D eigenvalue weighted by atomic mass is 9.73. The summed E-state index contributed by atoms with van der Waals surface area (Å²) in [7, 11) is 0. The molecule has 2 aromatic rings. The van der Waals surface area contributed by atoms with Crippen LogP contribution in [0.2, 0.25) is 5.02 Å². The smallest absolute Gasteiger partial charge is 0.380 e. The van der Waals surface area contributed by atoms with Crippen LogP contribution >= 0.6 is 11.6 Å². The van der Waals surface area contributed by atoms with Crippen molar-refractivity contribution in [1.29, 1.82) is 5.41 Å². The van der Waals surface area contributed by atoms with E-state index in [1.54, 1.807) is 25.1 Å². The molecular formula is C22H21ClF4N4O2. The maximum absolute atomic E-state index is 13.2. The van der Waals surface area contributed by atoms with Gasteiger partial charge in [-0.25, -0.2) is 4.39 Å². The molecule has 4 rings (SSSR count). The molecule has 0 aromatic heterocycles. The van der Waals surface area contributed by atoms with E-state index in [0.717, 1.165) is 4.90 Å². The lowest BCUT2D eigenvalue weighted by Gasteiger charge is -2.51. The fourth-order valence-electron chi connectivity index (χ4n) is 4.30. The molecule has 4 N–H and O–H groups in total. The Labute approximate surface area is 192 Å². The van der Waals surface area contributed by atoms with Crippen LogP contribution in [0.3, 0.4) is 0 Å². The normalized spacial score (nSPS) is 27.7. The number of halogens is 5. The topological polar surface area (TPSA) is 88.5 Å². The number of hydrogen-bond donors (Lipinski definition) is 4. The van der Waals surface area contributed by atoms with Crippen molar-refractivity contribution in [2.24, 2.45) is 0 Å². The van der Waals surface area contributed by atoms with E-state index in [-0.39, 0.29) is 23.2 Å². The third-order valence-corrected chi connectivity index (χ3v) is 6.57. The van der Waals surface area contributed by atoms with Crippen LogP contribution < -0.4 is 10.6 Å². The standard InChI is InChI=1S/C22H21ClF4N4O2/c1-20(15-3-2-4-16(18(15)23)29-13-7-5-12(24)6-8-13)11-17(32)31(19(28)30-20)14-9-21(33,10-14)22(25,26)27/h2-8,14,29,33H,9-11H2,1H3,(H2,28,30)/t14?,20-,21?/m0/s1.